The fourth-order valence-electron chi connectivity index (χ4n) is 1.34. The first-order valence-electron chi connectivity index (χ1n) is 5.72. The highest BCUT2D eigenvalue weighted by Gasteiger charge is 2.19. The number of halogens is 1. The molecule has 0 spiro atoms. The zero-order valence-electron chi connectivity index (χ0n) is 10.5. The molecule has 0 radical (unpaired) electrons. The van der Waals surface area contributed by atoms with E-state index in [1.54, 1.807) is 12.1 Å². The minimum absolute atomic E-state index is 0.245. The molecule has 7 heteroatoms. The molecular formula is C13H11ClN2O4. The molecule has 6 nitrogen and oxygen atoms in total. The minimum Gasteiger partial charge on any atom is -0.472 e. The second-order valence-corrected chi connectivity index (χ2v) is 4.35. The number of furan rings is 1. The molecule has 2 rings (SSSR count). The number of anilines is 1. The van der Waals surface area contributed by atoms with Gasteiger partial charge in [0.2, 0.25) is 0 Å². The third-order valence-corrected chi connectivity index (χ3v) is 2.61. The summed E-state index contributed by atoms with van der Waals surface area (Å²) in [5.74, 6) is -0.798. The van der Waals surface area contributed by atoms with Crippen molar-refractivity contribution in [3.63, 3.8) is 0 Å². The van der Waals surface area contributed by atoms with Gasteiger partial charge in [-0.2, -0.15) is 0 Å². The number of pyridine rings is 1. The van der Waals surface area contributed by atoms with E-state index in [9.17, 15) is 9.59 Å². The van der Waals surface area contributed by atoms with Gasteiger partial charge >= 0.3 is 5.97 Å². The molecule has 0 saturated carbocycles. The summed E-state index contributed by atoms with van der Waals surface area (Å²) in [5, 5.41) is 2.97. The Morgan fingerprint density at radius 2 is 2.20 bits per heavy atom. The Hall–Kier alpha value is -2.34. The van der Waals surface area contributed by atoms with Gasteiger partial charge in [0.25, 0.3) is 5.91 Å². The van der Waals surface area contributed by atoms with E-state index in [-0.39, 0.29) is 5.56 Å². The van der Waals surface area contributed by atoms with Gasteiger partial charge < -0.3 is 14.5 Å². The molecule has 0 bridgehead atoms. The normalized spacial score (nSPS) is 11.7. The smallest absolute Gasteiger partial charge is 0.342 e. The number of ether oxygens (including phenoxy) is 1. The maximum absolute atomic E-state index is 11.8. The number of nitrogens with one attached hydrogen (secondary N) is 1. The highest BCUT2D eigenvalue weighted by atomic mass is 35.5. The van der Waals surface area contributed by atoms with Gasteiger partial charge in [-0.1, -0.05) is 11.6 Å². The van der Waals surface area contributed by atoms with Gasteiger partial charge in [0.15, 0.2) is 6.10 Å². The van der Waals surface area contributed by atoms with E-state index < -0.39 is 18.0 Å². The van der Waals surface area contributed by atoms with Gasteiger partial charge in [0.05, 0.1) is 16.8 Å². The molecule has 0 unspecified atom stereocenters. The molecule has 0 saturated heterocycles. The molecule has 0 aromatic carbocycles. The molecule has 1 amide bonds. The molecule has 0 aliphatic heterocycles. The number of carbonyl (C=O) groups excluding carboxylic acids is 2. The van der Waals surface area contributed by atoms with Crippen molar-refractivity contribution in [3.05, 3.63) is 47.5 Å². The van der Waals surface area contributed by atoms with Crippen LogP contribution in [0.4, 0.5) is 5.82 Å². The largest absolute Gasteiger partial charge is 0.472 e. The van der Waals surface area contributed by atoms with Crippen molar-refractivity contribution in [1.82, 2.24) is 4.98 Å². The lowest BCUT2D eigenvalue weighted by Crippen LogP contribution is -2.30. The zero-order valence-corrected chi connectivity index (χ0v) is 11.3. The van der Waals surface area contributed by atoms with E-state index in [4.69, 9.17) is 20.8 Å². The molecule has 0 aliphatic carbocycles. The van der Waals surface area contributed by atoms with Gasteiger partial charge in [0, 0.05) is 6.20 Å². The second-order valence-electron chi connectivity index (χ2n) is 3.91. The maximum Gasteiger partial charge on any atom is 0.342 e. The summed E-state index contributed by atoms with van der Waals surface area (Å²) in [4.78, 5) is 27.4. The summed E-state index contributed by atoms with van der Waals surface area (Å²) < 4.78 is 9.75. The van der Waals surface area contributed by atoms with E-state index in [0.29, 0.717) is 10.8 Å². The second kappa shape index (κ2) is 6.21. The van der Waals surface area contributed by atoms with Crippen molar-refractivity contribution in [2.75, 3.05) is 5.32 Å². The summed E-state index contributed by atoms with van der Waals surface area (Å²) in [6.45, 7) is 1.46. The molecule has 1 atom stereocenters. The van der Waals surface area contributed by atoms with E-state index in [0.717, 1.165) is 0 Å². The molecule has 2 heterocycles. The van der Waals surface area contributed by atoms with Gasteiger partial charge in [-0.15, -0.1) is 0 Å². The topological polar surface area (TPSA) is 81.4 Å². The number of esters is 1. The van der Waals surface area contributed by atoms with Crippen LogP contribution in [0.3, 0.4) is 0 Å². The first-order chi connectivity index (χ1) is 9.56. The summed E-state index contributed by atoms with van der Waals surface area (Å²) in [6, 6.07) is 4.59. The fraction of sp³-hybridized carbons (Fsp3) is 0.154. The van der Waals surface area contributed by atoms with Gasteiger partial charge in [-0.05, 0) is 25.1 Å². The van der Waals surface area contributed by atoms with E-state index in [1.165, 1.54) is 31.7 Å². The summed E-state index contributed by atoms with van der Waals surface area (Å²) >= 11 is 5.68. The van der Waals surface area contributed by atoms with Crippen molar-refractivity contribution in [3.8, 4) is 0 Å². The minimum atomic E-state index is -0.963. The number of hydrogen-bond acceptors (Lipinski definition) is 5. The van der Waals surface area contributed by atoms with Crippen LogP contribution in [0.1, 0.15) is 17.3 Å². The zero-order chi connectivity index (χ0) is 14.5. The van der Waals surface area contributed by atoms with Crippen LogP contribution in [0.15, 0.2) is 41.3 Å². The van der Waals surface area contributed by atoms with Crippen LogP contribution in [-0.4, -0.2) is 23.0 Å². The summed E-state index contributed by atoms with van der Waals surface area (Å²) in [6.07, 6.45) is 3.03. The number of hydrogen-bond donors (Lipinski definition) is 1. The number of carbonyl (C=O) groups is 2. The number of amides is 1. The maximum atomic E-state index is 11.8. The van der Waals surface area contributed by atoms with Crippen LogP contribution >= 0.6 is 11.6 Å². The molecule has 20 heavy (non-hydrogen) atoms. The third kappa shape index (κ3) is 3.58. The Morgan fingerprint density at radius 3 is 2.80 bits per heavy atom. The first kappa shape index (κ1) is 14.1. The predicted molar refractivity (Wildman–Crippen MR) is 71.5 cm³/mol. The van der Waals surface area contributed by atoms with Crippen LogP contribution in [-0.2, 0) is 9.53 Å². The highest BCUT2D eigenvalue weighted by molar-refractivity contribution is 6.30. The van der Waals surface area contributed by atoms with Gasteiger partial charge in [-0.25, -0.2) is 9.78 Å². The molecule has 2 aromatic rings. The molecule has 104 valence electrons. The summed E-state index contributed by atoms with van der Waals surface area (Å²) in [5.41, 5.74) is 0.245. The van der Waals surface area contributed by atoms with Crippen molar-refractivity contribution < 1.29 is 18.7 Å². The van der Waals surface area contributed by atoms with E-state index in [1.807, 2.05) is 0 Å². The number of nitrogens with zero attached hydrogens (tertiary/aromatic N) is 1. The Balaban J connectivity index is 1.92. The fourth-order valence-corrected chi connectivity index (χ4v) is 1.45. The lowest BCUT2D eigenvalue weighted by Gasteiger charge is -2.12. The average molecular weight is 295 g/mol. The lowest BCUT2D eigenvalue weighted by molar-refractivity contribution is -0.123. The monoisotopic (exact) mass is 294 g/mol. The van der Waals surface area contributed by atoms with Crippen LogP contribution in [0.25, 0.3) is 0 Å². The molecule has 1 N–H and O–H groups in total. The van der Waals surface area contributed by atoms with Crippen LogP contribution < -0.4 is 5.32 Å². The Bertz CT molecular complexity index is 595. The van der Waals surface area contributed by atoms with Crippen molar-refractivity contribution in [1.29, 1.82) is 0 Å². The first-order valence-corrected chi connectivity index (χ1v) is 6.09. The van der Waals surface area contributed by atoms with E-state index in [2.05, 4.69) is 10.3 Å². The molecular weight excluding hydrogens is 284 g/mol. The van der Waals surface area contributed by atoms with Crippen LogP contribution in [0.2, 0.25) is 5.02 Å². The van der Waals surface area contributed by atoms with Crippen molar-refractivity contribution >= 4 is 29.3 Å². The Kier molecular flexibility index (Phi) is 4.37. The molecule has 2 aromatic heterocycles. The number of aromatic nitrogens is 1. The van der Waals surface area contributed by atoms with Crippen LogP contribution in [0, 0.1) is 0 Å². The van der Waals surface area contributed by atoms with E-state index >= 15 is 0 Å². The van der Waals surface area contributed by atoms with Crippen molar-refractivity contribution in [2.24, 2.45) is 0 Å². The SMILES string of the molecule is C[C@@H](OC(=O)c1ccoc1)C(=O)Nc1ccc(Cl)cn1. The summed E-state index contributed by atoms with van der Waals surface area (Å²) in [7, 11) is 0. The van der Waals surface area contributed by atoms with Gasteiger partial charge in [-0.3, -0.25) is 4.79 Å². The molecule has 0 aliphatic rings. The quantitative estimate of drug-likeness (QED) is 0.876. The molecule has 0 fully saturated rings. The number of rotatable bonds is 4. The Labute approximate surface area is 119 Å². The lowest BCUT2D eigenvalue weighted by atomic mass is 10.3. The van der Waals surface area contributed by atoms with Crippen molar-refractivity contribution in [2.45, 2.75) is 13.0 Å². The van der Waals surface area contributed by atoms with Crippen LogP contribution in [0.5, 0.6) is 0 Å². The third-order valence-electron chi connectivity index (χ3n) is 2.39. The highest BCUT2D eigenvalue weighted by Crippen LogP contribution is 2.11. The van der Waals surface area contributed by atoms with Gasteiger partial charge in [0.1, 0.15) is 12.1 Å². The Morgan fingerprint density at radius 1 is 1.40 bits per heavy atom. The predicted octanol–water partition coefficient (Wildman–Crippen LogP) is 2.51. The average Bonchev–Trinajstić information content (AvgIpc) is 2.95. The standard InChI is InChI=1S/C13H11ClN2O4/c1-8(20-13(18)9-4-5-19-7-9)12(17)16-11-3-2-10(14)6-15-11/h2-8H,1H3,(H,15,16,17)/t8-/m1/s1.